The van der Waals surface area contributed by atoms with E-state index < -0.39 is 18.2 Å². The molecule has 0 aromatic heterocycles. The van der Waals surface area contributed by atoms with Crippen LogP contribution in [0, 0.1) is 0 Å². The SMILES string of the molecule is OC(P)CC(O)(O)O. The Balaban J connectivity index is 3.39. The smallest absolute Gasteiger partial charge is 0.278 e. The van der Waals surface area contributed by atoms with Gasteiger partial charge in [-0.05, 0) is 0 Å². The van der Waals surface area contributed by atoms with Crippen molar-refractivity contribution in [3.05, 3.63) is 0 Å². The van der Waals surface area contributed by atoms with Crippen molar-refractivity contribution in [2.24, 2.45) is 0 Å². The van der Waals surface area contributed by atoms with Crippen molar-refractivity contribution >= 4 is 9.24 Å². The topological polar surface area (TPSA) is 80.9 Å². The van der Waals surface area contributed by atoms with E-state index in [1.807, 2.05) is 9.24 Å². The Kier molecular flexibility index (Phi) is 2.80. The van der Waals surface area contributed by atoms with Gasteiger partial charge in [0.1, 0.15) is 0 Å². The van der Waals surface area contributed by atoms with Gasteiger partial charge in [-0.25, -0.2) is 0 Å². The van der Waals surface area contributed by atoms with Gasteiger partial charge in [-0.15, -0.1) is 9.24 Å². The van der Waals surface area contributed by atoms with Crippen LogP contribution in [0.25, 0.3) is 0 Å². The average Bonchev–Trinajstić information content (AvgIpc) is 1.21. The lowest BCUT2D eigenvalue weighted by Crippen LogP contribution is -2.30. The van der Waals surface area contributed by atoms with E-state index in [-0.39, 0.29) is 0 Å². The maximum Gasteiger partial charge on any atom is 0.278 e. The molecular weight excluding hydrogens is 131 g/mol. The Labute approximate surface area is 49.0 Å². The summed E-state index contributed by atoms with van der Waals surface area (Å²) in [6.45, 7) is 0. The first kappa shape index (κ1) is 8.27. The molecular formula is C3H9O4P. The Bertz CT molecular complexity index is 66.2. The van der Waals surface area contributed by atoms with Crippen LogP contribution in [0.3, 0.4) is 0 Å². The summed E-state index contributed by atoms with van der Waals surface area (Å²) in [5.41, 5.74) is 0. The second kappa shape index (κ2) is 2.71. The van der Waals surface area contributed by atoms with Crippen molar-refractivity contribution in [1.82, 2.24) is 0 Å². The van der Waals surface area contributed by atoms with Gasteiger partial charge in [0.2, 0.25) is 0 Å². The second-order valence-electron chi connectivity index (χ2n) is 1.55. The predicted molar refractivity (Wildman–Crippen MR) is 29.7 cm³/mol. The summed E-state index contributed by atoms with van der Waals surface area (Å²) in [7, 11) is 1.90. The second-order valence-corrected chi connectivity index (χ2v) is 2.32. The first-order valence-electron chi connectivity index (χ1n) is 2.02. The molecule has 0 heterocycles. The van der Waals surface area contributed by atoms with E-state index in [9.17, 15) is 0 Å². The van der Waals surface area contributed by atoms with Gasteiger partial charge in [0.25, 0.3) is 5.97 Å². The van der Waals surface area contributed by atoms with Gasteiger partial charge < -0.3 is 20.4 Å². The van der Waals surface area contributed by atoms with Crippen molar-refractivity contribution < 1.29 is 20.4 Å². The van der Waals surface area contributed by atoms with Crippen molar-refractivity contribution in [1.29, 1.82) is 0 Å². The van der Waals surface area contributed by atoms with Gasteiger partial charge in [-0.3, -0.25) is 0 Å². The predicted octanol–water partition coefficient (Wildman–Crippen LogP) is -1.80. The third-order valence-electron chi connectivity index (χ3n) is 0.483. The molecule has 0 aliphatic carbocycles. The maximum absolute atomic E-state index is 8.37. The molecule has 0 aliphatic heterocycles. The van der Waals surface area contributed by atoms with Crippen LogP contribution in [0.1, 0.15) is 6.42 Å². The summed E-state index contributed by atoms with van der Waals surface area (Å²) in [5, 5.41) is 32.7. The molecule has 2 unspecified atom stereocenters. The molecule has 0 aromatic rings. The largest absolute Gasteiger partial charge is 0.389 e. The molecule has 4 nitrogen and oxygen atoms in total. The van der Waals surface area contributed by atoms with Crippen molar-refractivity contribution in [2.75, 3.05) is 0 Å². The highest BCUT2D eigenvalue weighted by Gasteiger charge is 2.20. The molecule has 0 amide bonds. The zero-order chi connectivity index (χ0) is 6.78. The van der Waals surface area contributed by atoms with E-state index in [2.05, 4.69) is 0 Å². The number of hydrogen-bond donors (Lipinski definition) is 4. The standard InChI is InChI=1S/C3H9O4P/c4-2(8)1-3(5,6)7/h2,4-7H,1,8H2. The molecule has 2 atom stereocenters. The number of aliphatic hydroxyl groups is 4. The summed E-state index contributed by atoms with van der Waals surface area (Å²) in [4.78, 5) is 0. The van der Waals surface area contributed by atoms with E-state index in [0.29, 0.717) is 0 Å². The fourth-order valence-electron chi connectivity index (χ4n) is 0.281. The molecule has 0 aromatic carbocycles. The van der Waals surface area contributed by atoms with Gasteiger partial charge in [-0.2, -0.15) is 0 Å². The maximum atomic E-state index is 8.37. The van der Waals surface area contributed by atoms with E-state index in [0.717, 1.165) is 0 Å². The lowest BCUT2D eigenvalue weighted by atomic mass is 10.4. The van der Waals surface area contributed by atoms with Crippen LogP contribution in [0.5, 0.6) is 0 Å². The van der Waals surface area contributed by atoms with Gasteiger partial charge in [-0.1, -0.05) is 0 Å². The lowest BCUT2D eigenvalue weighted by molar-refractivity contribution is -0.318. The molecule has 50 valence electrons. The summed E-state index contributed by atoms with van der Waals surface area (Å²) >= 11 is 0. The minimum atomic E-state index is -2.75. The van der Waals surface area contributed by atoms with E-state index in [1.54, 1.807) is 0 Å². The minimum Gasteiger partial charge on any atom is -0.389 e. The van der Waals surface area contributed by atoms with Crippen LogP contribution < -0.4 is 0 Å². The van der Waals surface area contributed by atoms with Crippen molar-refractivity contribution in [3.8, 4) is 0 Å². The van der Waals surface area contributed by atoms with E-state index in [4.69, 9.17) is 20.4 Å². The first-order chi connectivity index (χ1) is 3.42. The van der Waals surface area contributed by atoms with Crippen LogP contribution in [0.2, 0.25) is 0 Å². The molecule has 0 saturated carbocycles. The van der Waals surface area contributed by atoms with Crippen LogP contribution in [0.15, 0.2) is 0 Å². The fraction of sp³-hybridized carbons (Fsp3) is 1.00. The lowest BCUT2D eigenvalue weighted by Gasteiger charge is -2.14. The Hall–Kier alpha value is 0.270. The van der Waals surface area contributed by atoms with E-state index in [1.165, 1.54) is 0 Å². The Morgan fingerprint density at radius 2 is 1.75 bits per heavy atom. The normalized spacial score (nSPS) is 16.1. The van der Waals surface area contributed by atoms with Crippen LogP contribution in [-0.2, 0) is 0 Å². The van der Waals surface area contributed by atoms with E-state index >= 15 is 0 Å². The molecule has 0 radical (unpaired) electrons. The zero-order valence-corrected chi connectivity index (χ0v) is 5.31. The van der Waals surface area contributed by atoms with Crippen LogP contribution in [0.4, 0.5) is 0 Å². The molecule has 0 saturated heterocycles. The first-order valence-corrected chi connectivity index (χ1v) is 2.69. The van der Waals surface area contributed by atoms with Crippen LogP contribution in [-0.4, -0.2) is 32.2 Å². The van der Waals surface area contributed by atoms with Crippen molar-refractivity contribution in [3.63, 3.8) is 0 Å². The highest BCUT2D eigenvalue weighted by molar-refractivity contribution is 7.17. The highest BCUT2D eigenvalue weighted by Crippen LogP contribution is 2.08. The molecule has 0 aliphatic rings. The summed E-state index contributed by atoms with van der Waals surface area (Å²) in [5.74, 6) is -3.74. The number of aliphatic hydroxyl groups excluding tert-OH is 1. The third kappa shape index (κ3) is 6.27. The highest BCUT2D eigenvalue weighted by atomic mass is 31.0. The van der Waals surface area contributed by atoms with Gasteiger partial charge in [0.05, 0.1) is 12.3 Å². The average molecular weight is 140 g/mol. The van der Waals surface area contributed by atoms with Crippen molar-refractivity contribution in [2.45, 2.75) is 18.2 Å². The Morgan fingerprint density at radius 1 is 1.38 bits per heavy atom. The molecule has 0 bridgehead atoms. The fourth-order valence-corrected chi connectivity index (χ4v) is 0.597. The summed E-state index contributed by atoms with van der Waals surface area (Å²) in [6.07, 6.45) is -0.488. The monoisotopic (exact) mass is 140 g/mol. The van der Waals surface area contributed by atoms with Gasteiger partial charge >= 0.3 is 0 Å². The number of rotatable bonds is 2. The molecule has 0 spiro atoms. The van der Waals surface area contributed by atoms with Gasteiger partial charge in [0, 0.05) is 0 Å². The number of hydrogen-bond acceptors (Lipinski definition) is 4. The quantitative estimate of drug-likeness (QED) is 0.269. The molecule has 0 rings (SSSR count). The zero-order valence-electron chi connectivity index (χ0n) is 4.15. The molecule has 0 fully saturated rings. The summed E-state index contributed by atoms with van der Waals surface area (Å²) in [6, 6.07) is 0. The molecule has 8 heavy (non-hydrogen) atoms. The Morgan fingerprint density at radius 3 is 1.75 bits per heavy atom. The minimum absolute atomic E-state index is 0.488. The van der Waals surface area contributed by atoms with Gasteiger partial charge in [0.15, 0.2) is 0 Å². The summed E-state index contributed by atoms with van der Waals surface area (Å²) < 4.78 is 0. The molecule has 4 N–H and O–H groups in total. The molecule has 5 heteroatoms. The van der Waals surface area contributed by atoms with Crippen LogP contribution >= 0.6 is 9.24 Å². The third-order valence-corrected chi connectivity index (χ3v) is 0.719.